The van der Waals surface area contributed by atoms with Gasteiger partial charge in [0.05, 0.1) is 11.2 Å². The molecule has 0 bridgehead atoms. The number of fused-ring (bicyclic) bond motifs is 1. The number of nitrogens with zero attached hydrogens (tertiary/aromatic N) is 2. The number of nitrogens with one attached hydrogen (secondary N) is 1. The maximum atomic E-state index is 12.2. The number of aromatic nitrogens is 1. The van der Waals surface area contributed by atoms with Crippen molar-refractivity contribution < 1.29 is 0 Å². The van der Waals surface area contributed by atoms with Crippen LogP contribution in [0.3, 0.4) is 0 Å². The molecule has 0 saturated carbocycles. The van der Waals surface area contributed by atoms with Crippen molar-refractivity contribution in [1.82, 2.24) is 4.98 Å². The molecule has 0 unspecified atom stereocenters. The van der Waals surface area contributed by atoms with Gasteiger partial charge in [0.15, 0.2) is 0 Å². The van der Waals surface area contributed by atoms with E-state index in [1.54, 1.807) is 0 Å². The van der Waals surface area contributed by atoms with E-state index in [4.69, 9.17) is 0 Å². The molecule has 4 heteroatoms. The van der Waals surface area contributed by atoms with Crippen molar-refractivity contribution in [3.05, 3.63) is 39.7 Å². The summed E-state index contributed by atoms with van der Waals surface area (Å²) in [7, 11) is 0. The highest BCUT2D eigenvalue weighted by molar-refractivity contribution is 5.94. The Kier molecular flexibility index (Phi) is 3.66. The van der Waals surface area contributed by atoms with Crippen molar-refractivity contribution >= 4 is 16.6 Å². The van der Waals surface area contributed by atoms with E-state index >= 15 is 0 Å². The number of aryl methyl sites for hydroxylation is 1. The van der Waals surface area contributed by atoms with Gasteiger partial charge in [-0.05, 0) is 31.9 Å². The highest BCUT2D eigenvalue weighted by Crippen LogP contribution is 2.30. The monoisotopic (exact) mass is 281 g/mol. The first-order chi connectivity index (χ1) is 10.2. The Morgan fingerprint density at radius 1 is 1.19 bits per heavy atom. The molecule has 2 heterocycles. The third kappa shape index (κ3) is 2.52. The van der Waals surface area contributed by atoms with Crippen molar-refractivity contribution in [3.8, 4) is 6.07 Å². The van der Waals surface area contributed by atoms with E-state index in [9.17, 15) is 10.1 Å². The maximum Gasteiger partial charge on any atom is 0.268 e. The first-order valence-electron chi connectivity index (χ1n) is 7.52. The maximum absolute atomic E-state index is 12.2. The summed E-state index contributed by atoms with van der Waals surface area (Å²) in [5.74, 6) is 0. The van der Waals surface area contributed by atoms with Crippen LogP contribution in [0.5, 0.6) is 0 Å². The van der Waals surface area contributed by atoms with E-state index in [1.165, 1.54) is 12.8 Å². The molecule has 108 valence electrons. The number of pyridine rings is 1. The fourth-order valence-corrected chi connectivity index (χ4v) is 3.12. The second kappa shape index (κ2) is 5.61. The first kappa shape index (κ1) is 13.7. The molecule has 1 N–H and O–H groups in total. The molecular formula is C17H19N3O. The third-order valence-electron chi connectivity index (χ3n) is 4.18. The minimum atomic E-state index is -0.284. The van der Waals surface area contributed by atoms with E-state index in [1.807, 2.05) is 19.1 Å². The summed E-state index contributed by atoms with van der Waals surface area (Å²) in [6.07, 6.45) is 4.67. The predicted molar refractivity (Wildman–Crippen MR) is 84.7 cm³/mol. The molecular weight excluding hydrogens is 262 g/mol. The summed E-state index contributed by atoms with van der Waals surface area (Å²) in [5.41, 5.74) is 2.73. The summed E-state index contributed by atoms with van der Waals surface area (Å²) < 4.78 is 0. The Bertz CT molecular complexity index is 762. The van der Waals surface area contributed by atoms with Crippen molar-refractivity contribution in [2.45, 2.75) is 32.6 Å². The Hall–Kier alpha value is -2.28. The molecule has 0 radical (unpaired) electrons. The second-order valence-corrected chi connectivity index (χ2v) is 5.74. The Morgan fingerprint density at radius 3 is 2.57 bits per heavy atom. The van der Waals surface area contributed by atoms with Crippen LogP contribution in [-0.2, 0) is 0 Å². The van der Waals surface area contributed by atoms with Crippen molar-refractivity contribution in [3.63, 3.8) is 0 Å². The van der Waals surface area contributed by atoms with Crippen molar-refractivity contribution in [2.75, 3.05) is 18.0 Å². The second-order valence-electron chi connectivity index (χ2n) is 5.74. The molecule has 1 aliphatic rings. The van der Waals surface area contributed by atoms with Crippen LogP contribution in [0.1, 0.15) is 36.8 Å². The van der Waals surface area contributed by atoms with Crippen LogP contribution in [0, 0.1) is 18.3 Å². The Morgan fingerprint density at radius 2 is 1.90 bits per heavy atom. The quantitative estimate of drug-likeness (QED) is 0.873. The lowest BCUT2D eigenvalue weighted by molar-refractivity contribution is 0.726. The van der Waals surface area contributed by atoms with Gasteiger partial charge in [-0.3, -0.25) is 4.79 Å². The zero-order valence-corrected chi connectivity index (χ0v) is 12.3. The molecule has 0 atom stereocenters. The largest absolute Gasteiger partial charge is 0.370 e. The van der Waals surface area contributed by atoms with E-state index in [2.05, 4.69) is 22.0 Å². The predicted octanol–water partition coefficient (Wildman–Crippen LogP) is 3.09. The number of hydrogen-bond acceptors (Lipinski definition) is 3. The molecule has 3 rings (SSSR count). The summed E-state index contributed by atoms with van der Waals surface area (Å²) in [4.78, 5) is 17.2. The van der Waals surface area contributed by atoms with Gasteiger partial charge in [0.25, 0.3) is 5.56 Å². The lowest BCUT2D eigenvalue weighted by Gasteiger charge is -2.25. The SMILES string of the molecule is Cc1ccc2[nH]c(=O)c(C#N)c(N3CCCCCC3)c2c1. The lowest BCUT2D eigenvalue weighted by Crippen LogP contribution is -2.28. The third-order valence-corrected chi connectivity index (χ3v) is 4.18. The van der Waals surface area contributed by atoms with Crippen molar-refractivity contribution in [1.29, 1.82) is 5.26 Å². The Balaban J connectivity index is 2.28. The highest BCUT2D eigenvalue weighted by atomic mass is 16.1. The van der Waals surface area contributed by atoms with Crippen LogP contribution in [0.4, 0.5) is 5.69 Å². The fraction of sp³-hybridized carbons (Fsp3) is 0.412. The minimum Gasteiger partial charge on any atom is -0.370 e. The number of hydrogen-bond donors (Lipinski definition) is 1. The van der Waals surface area contributed by atoms with Crippen LogP contribution in [-0.4, -0.2) is 18.1 Å². The van der Waals surface area contributed by atoms with Gasteiger partial charge in [-0.25, -0.2) is 0 Å². The van der Waals surface area contributed by atoms with Gasteiger partial charge in [-0.1, -0.05) is 24.5 Å². The lowest BCUT2D eigenvalue weighted by atomic mass is 10.1. The van der Waals surface area contributed by atoms with Crippen LogP contribution < -0.4 is 10.5 Å². The van der Waals surface area contributed by atoms with Crippen LogP contribution in [0.25, 0.3) is 10.9 Å². The average Bonchev–Trinajstić information content (AvgIpc) is 2.75. The molecule has 1 aliphatic heterocycles. The van der Waals surface area contributed by atoms with Gasteiger partial charge < -0.3 is 9.88 Å². The first-order valence-corrected chi connectivity index (χ1v) is 7.52. The molecule has 2 aromatic rings. The van der Waals surface area contributed by atoms with Crippen molar-refractivity contribution in [2.24, 2.45) is 0 Å². The molecule has 1 saturated heterocycles. The van der Waals surface area contributed by atoms with E-state index in [0.29, 0.717) is 0 Å². The minimum absolute atomic E-state index is 0.245. The summed E-state index contributed by atoms with van der Waals surface area (Å²) in [6, 6.07) is 8.08. The Labute approximate surface area is 124 Å². The summed E-state index contributed by atoms with van der Waals surface area (Å²) in [6.45, 7) is 3.87. The molecule has 0 amide bonds. The fourth-order valence-electron chi connectivity index (χ4n) is 3.12. The standard InChI is InChI=1S/C17H19N3O/c1-12-6-7-15-13(10-12)16(14(11-18)17(21)19-15)20-8-4-2-3-5-9-20/h6-7,10H,2-5,8-9H2,1H3,(H,19,21). The number of anilines is 1. The van der Waals surface area contributed by atoms with Crippen LogP contribution in [0.2, 0.25) is 0 Å². The topological polar surface area (TPSA) is 59.9 Å². The number of nitriles is 1. The molecule has 1 aromatic heterocycles. The molecule has 0 aliphatic carbocycles. The van der Waals surface area contributed by atoms with Gasteiger partial charge in [0.1, 0.15) is 11.6 Å². The van der Waals surface area contributed by atoms with Gasteiger partial charge >= 0.3 is 0 Å². The van der Waals surface area contributed by atoms with Gasteiger partial charge in [-0.15, -0.1) is 0 Å². The average molecular weight is 281 g/mol. The molecule has 1 fully saturated rings. The smallest absolute Gasteiger partial charge is 0.268 e. The van der Waals surface area contributed by atoms with Gasteiger partial charge in [0.2, 0.25) is 0 Å². The zero-order valence-electron chi connectivity index (χ0n) is 12.3. The highest BCUT2D eigenvalue weighted by Gasteiger charge is 2.19. The van der Waals surface area contributed by atoms with E-state index in [-0.39, 0.29) is 11.1 Å². The summed E-state index contributed by atoms with van der Waals surface area (Å²) >= 11 is 0. The van der Waals surface area contributed by atoms with Gasteiger partial charge in [0, 0.05) is 18.5 Å². The molecule has 21 heavy (non-hydrogen) atoms. The molecule has 1 aromatic carbocycles. The number of aromatic amines is 1. The van der Waals surface area contributed by atoms with Crippen LogP contribution in [0.15, 0.2) is 23.0 Å². The van der Waals surface area contributed by atoms with Crippen LogP contribution >= 0.6 is 0 Å². The summed E-state index contributed by atoms with van der Waals surface area (Å²) in [5, 5.41) is 10.4. The number of rotatable bonds is 1. The van der Waals surface area contributed by atoms with E-state index in [0.717, 1.165) is 48.1 Å². The van der Waals surface area contributed by atoms with E-state index < -0.39 is 0 Å². The normalized spacial score (nSPS) is 15.7. The number of H-pyrrole nitrogens is 1. The molecule has 4 nitrogen and oxygen atoms in total. The molecule has 0 spiro atoms. The number of benzene rings is 1. The zero-order chi connectivity index (χ0) is 14.8. The van der Waals surface area contributed by atoms with Gasteiger partial charge in [-0.2, -0.15) is 5.26 Å².